The summed E-state index contributed by atoms with van der Waals surface area (Å²) in [5.74, 6) is -0.456. The van der Waals surface area contributed by atoms with Crippen LogP contribution < -0.4 is 0 Å². The third kappa shape index (κ3) is 2.62. The fourth-order valence-corrected chi connectivity index (χ4v) is 1.15. The van der Waals surface area contributed by atoms with Crippen molar-refractivity contribution < 1.29 is 9.18 Å². The Hall–Kier alpha value is -1.25. The van der Waals surface area contributed by atoms with Crippen molar-refractivity contribution in [1.82, 2.24) is 4.98 Å². The van der Waals surface area contributed by atoms with E-state index in [-0.39, 0.29) is 17.4 Å². The first-order valence-corrected chi connectivity index (χ1v) is 4.78. The molecular weight excluding hydrogens is 181 g/mol. The summed E-state index contributed by atoms with van der Waals surface area (Å²) in [7, 11) is 0. The van der Waals surface area contributed by atoms with Crippen molar-refractivity contribution in [2.45, 2.75) is 26.7 Å². The molecule has 1 atom stereocenters. The zero-order valence-electron chi connectivity index (χ0n) is 8.46. The number of hydrogen-bond acceptors (Lipinski definition) is 2. The van der Waals surface area contributed by atoms with Gasteiger partial charge in [0.25, 0.3) is 0 Å². The summed E-state index contributed by atoms with van der Waals surface area (Å²) in [5.41, 5.74) is -0.0344. The molecule has 0 aromatic carbocycles. The molecule has 1 heterocycles. The molecular formula is C11H14FNO. The van der Waals surface area contributed by atoms with Crippen LogP contribution in [-0.4, -0.2) is 10.8 Å². The maximum atomic E-state index is 13.1. The molecule has 3 heteroatoms. The predicted octanol–water partition coefficient (Wildman–Crippen LogP) is 2.84. The van der Waals surface area contributed by atoms with Crippen molar-refractivity contribution in [3.05, 3.63) is 29.8 Å². The molecule has 0 bridgehead atoms. The second-order valence-corrected chi connectivity index (χ2v) is 3.47. The number of carbonyl (C=O) groups excluding carboxylic acids is 1. The van der Waals surface area contributed by atoms with Crippen molar-refractivity contribution in [2.24, 2.45) is 5.92 Å². The molecule has 0 spiro atoms. The lowest BCUT2D eigenvalue weighted by atomic mass is 10.0. The second-order valence-electron chi connectivity index (χ2n) is 3.47. The molecule has 14 heavy (non-hydrogen) atoms. The first-order chi connectivity index (χ1) is 6.65. The van der Waals surface area contributed by atoms with E-state index in [1.54, 1.807) is 0 Å². The SMILES string of the molecule is CCC(C)CC(=O)c1ncccc1F. The van der Waals surface area contributed by atoms with Gasteiger partial charge in [-0.25, -0.2) is 4.39 Å². The van der Waals surface area contributed by atoms with E-state index < -0.39 is 5.82 Å². The van der Waals surface area contributed by atoms with E-state index in [1.807, 2.05) is 13.8 Å². The summed E-state index contributed by atoms with van der Waals surface area (Å²) in [6.45, 7) is 3.98. The van der Waals surface area contributed by atoms with Crippen molar-refractivity contribution in [3.63, 3.8) is 0 Å². The van der Waals surface area contributed by atoms with E-state index in [0.717, 1.165) is 6.42 Å². The van der Waals surface area contributed by atoms with Gasteiger partial charge >= 0.3 is 0 Å². The molecule has 0 aliphatic heterocycles. The standard InChI is InChI=1S/C11H14FNO/c1-3-8(2)7-10(14)11-9(12)5-4-6-13-11/h4-6,8H,3,7H2,1-2H3. The van der Waals surface area contributed by atoms with E-state index in [2.05, 4.69) is 4.98 Å². The number of hydrogen-bond donors (Lipinski definition) is 0. The molecule has 2 nitrogen and oxygen atoms in total. The number of ketones is 1. The number of nitrogens with zero attached hydrogens (tertiary/aromatic N) is 1. The Balaban J connectivity index is 2.75. The van der Waals surface area contributed by atoms with Crippen molar-refractivity contribution >= 4 is 5.78 Å². The topological polar surface area (TPSA) is 30.0 Å². The Morgan fingerprint density at radius 2 is 2.36 bits per heavy atom. The molecule has 0 N–H and O–H groups in total. The highest BCUT2D eigenvalue weighted by molar-refractivity contribution is 5.94. The maximum absolute atomic E-state index is 13.1. The molecule has 0 fully saturated rings. The van der Waals surface area contributed by atoms with Gasteiger partial charge in [0.15, 0.2) is 11.6 Å². The van der Waals surface area contributed by atoms with Gasteiger partial charge in [0.1, 0.15) is 5.69 Å². The molecule has 76 valence electrons. The smallest absolute Gasteiger partial charge is 0.184 e. The second kappa shape index (κ2) is 4.84. The van der Waals surface area contributed by atoms with Crippen LogP contribution in [0.5, 0.6) is 0 Å². The number of pyridine rings is 1. The van der Waals surface area contributed by atoms with Crippen LogP contribution in [0, 0.1) is 11.7 Å². The van der Waals surface area contributed by atoms with Gasteiger partial charge in [-0.2, -0.15) is 0 Å². The third-order valence-corrected chi connectivity index (χ3v) is 2.25. The zero-order chi connectivity index (χ0) is 10.6. The minimum absolute atomic E-state index is 0.0344. The summed E-state index contributed by atoms with van der Waals surface area (Å²) < 4.78 is 13.1. The maximum Gasteiger partial charge on any atom is 0.184 e. The number of rotatable bonds is 4. The normalized spacial score (nSPS) is 12.5. The monoisotopic (exact) mass is 195 g/mol. The number of aromatic nitrogens is 1. The Kier molecular flexibility index (Phi) is 3.74. The minimum Gasteiger partial charge on any atom is -0.292 e. The average molecular weight is 195 g/mol. The van der Waals surface area contributed by atoms with Gasteiger partial charge in [0, 0.05) is 12.6 Å². The van der Waals surface area contributed by atoms with Crippen LogP contribution in [0.15, 0.2) is 18.3 Å². The molecule has 1 aromatic heterocycles. The summed E-state index contributed by atoms with van der Waals surface area (Å²) in [5, 5.41) is 0. The van der Waals surface area contributed by atoms with Crippen LogP contribution in [-0.2, 0) is 0 Å². The fraction of sp³-hybridized carbons (Fsp3) is 0.455. The van der Waals surface area contributed by atoms with Crippen LogP contribution in [0.1, 0.15) is 37.2 Å². The predicted molar refractivity (Wildman–Crippen MR) is 52.6 cm³/mol. The first kappa shape index (κ1) is 10.8. The Morgan fingerprint density at radius 1 is 1.64 bits per heavy atom. The van der Waals surface area contributed by atoms with Crippen LogP contribution in [0.4, 0.5) is 4.39 Å². The lowest BCUT2D eigenvalue weighted by Crippen LogP contribution is -2.09. The van der Waals surface area contributed by atoms with E-state index >= 15 is 0 Å². The fourth-order valence-electron chi connectivity index (χ4n) is 1.15. The quantitative estimate of drug-likeness (QED) is 0.691. The largest absolute Gasteiger partial charge is 0.292 e. The van der Waals surface area contributed by atoms with Gasteiger partial charge in [0.05, 0.1) is 0 Å². The van der Waals surface area contributed by atoms with Crippen molar-refractivity contribution in [2.75, 3.05) is 0 Å². The molecule has 0 amide bonds. The van der Waals surface area contributed by atoms with E-state index in [9.17, 15) is 9.18 Å². The zero-order valence-corrected chi connectivity index (χ0v) is 8.46. The summed E-state index contributed by atoms with van der Waals surface area (Å²) in [6, 6.07) is 2.74. The number of halogens is 1. The Bertz CT molecular complexity index is 325. The molecule has 0 aliphatic carbocycles. The van der Waals surface area contributed by atoms with Crippen molar-refractivity contribution in [1.29, 1.82) is 0 Å². The number of carbonyl (C=O) groups is 1. The Morgan fingerprint density at radius 3 is 2.93 bits per heavy atom. The minimum atomic E-state index is -0.527. The highest BCUT2D eigenvalue weighted by atomic mass is 19.1. The van der Waals surface area contributed by atoms with E-state index in [0.29, 0.717) is 6.42 Å². The van der Waals surface area contributed by atoms with Gasteiger partial charge in [-0.15, -0.1) is 0 Å². The molecule has 0 aliphatic rings. The van der Waals surface area contributed by atoms with Gasteiger partial charge < -0.3 is 0 Å². The van der Waals surface area contributed by atoms with Crippen LogP contribution in [0.3, 0.4) is 0 Å². The van der Waals surface area contributed by atoms with Crippen molar-refractivity contribution in [3.8, 4) is 0 Å². The molecule has 1 aromatic rings. The molecule has 1 unspecified atom stereocenters. The lowest BCUT2D eigenvalue weighted by molar-refractivity contribution is 0.0954. The van der Waals surface area contributed by atoms with Crippen LogP contribution >= 0.6 is 0 Å². The molecule has 0 radical (unpaired) electrons. The van der Waals surface area contributed by atoms with Gasteiger partial charge in [-0.1, -0.05) is 20.3 Å². The van der Waals surface area contributed by atoms with Gasteiger partial charge in [-0.3, -0.25) is 9.78 Å². The molecule has 0 saturated carbocycles. The lowest BCUT2D eigenvalue weighted by Gasteiger charge is -2.06. The van der Waals surface area contributed by atoms with Crippen LogP contribution in [0.2, 0.25) is 0 Å². The highest BCUT2D eigenvalue weighted by Crippen LogP contribution is 2.12. The van der Waals surface area contributed by atoms with Crippen LogP contribution in [0.25, 0.3) is 0 Å². The van der Waals surface area contributed by atoms with Gasteiger partial charge in [0.2, 0.25) is 0 Å². The molecule has 0 saturated heterocycles. The summed E-state index contributed by atoms with van der Waals surface area (Å²) >= 11 is 0. The average Bonchev–Trinajstić information content (AvgIpc) is 2.18. The highest BCUT2D eigenvalue weighted by Gasteiger charge is 2.14. The molecule has 1 rings (SSSR count). The van der Waals surface area contributed by atoms with Gasteiger partial charge in [-0.05, 0) is 18.1 Å². The summed E-state index contributed by atoms with van der Waals surface area (Å²) in [6.07, 6.45) is 2.72. The third-order valence-electron chi connectivity index (χ3n) is 2.25. The van der Waals surface area contributed by atoms with E-state index in [1.165, 1.54) is 18.3 Å². The first-order valence-electron chi connectivity index (χ1n) is 4.78. The Labute approximate surface area is 83.2 Å². The number of Topliss-reactive ketones (excluding diaryl/α,β-unsaturated/α-hetero) is 1. The van der Waals surface area contributed by atoms with E-state index in [4.69, 9.17) is 0 Å². The summed E-state index contributed by atoms with van der Waals surface area (Å²) in [4.78, 5) is 15.3.